The van der Waals surface area contributed by atoms with Crippen LogP contribution in [0.5, 0.6) is 11.5 Å². The van der Waals surface area contributed by atoms with Crippen molar-refractivity contribution in [3.63, 3.8) is 0 Å². The highest BCUT2D eigenvalue weighted by Crippen LogP contribution is 2.46. The highest BCUT2D eigenvalue weighted by molar-refractivity contribution is 6.42. The van der Waals surface area contributed by atoms with E-state index in [-0.39, 0.29) is 89.1 Å². The minimum atomic E-state index is -1.28. The second-order valence-electron chi connectivity index (χ2n) is 21.8. The highest BCUT2D eigenvalue weighted by atomic mass is 16.8. The summed E-state index contributed by atoms with van der Waals surface area (Å²) < 4.78 is 74.8. The Balaban J connectivity index is 0.686. The predicted molar refractivity (Wildman–Crippen MR) is 261 cm³/mol. The number of phenols is 1. The number of aryl methyl sites for hydroxylation is 1. The fourth-order valence-electron chi connectivity index (χ4n) is 12.0. The molecule has 2 aromatic rings. The van der Waals surface area contributed by atoms with E-state index in [4.69, 9.17) is 56.8 Å². The van der Waals surface area contributed by atoms with Crippen LogP contribution >= 0.6 is 0 Å². The zero-order chi connectivity index (χ0) is 53.1. The maximum absolute atomic E-state index is 14.2. The van der Waals surface area contributed by atoms with Crippen LogP contribution in [0.4, 0.5) is 0 Å². The van der Waals surface area contributed by atoms with Gasteiger partial charge >= 0.3 is 0 Å². The molecule has 0 amide bonds. The molecule has 10 rings (SSSR count). The molecule has 0 spiro atoms. The minimum Gasteiger partial charge on any atom is -0.507 e. The Morgan fingerprint density at radius 3 is 1.64 bits per heavy atom. The molecule has 6 N–H and O–H groups in total. The van der Waals surface area contributed by atoms with E-state index in [1.54, 1.807) is 46.8 Å². The standard InChI is InChI=1S/C55H74O20/c1-23-17-30-19-34(58)49-50(47(30)33(57)18-23)53(62)31-9-8-10-38(48(31)54(49)63)72-44-20-35(59)55(29(7)69-44)75-46-22-40(52(61)28(6)68-46)74-43-16-12-36(25(3)66-43)70-42-15-13-37(26(4)65-42)71-45-21-39(51(60)27(5)67-45)73-41-14-11-32(56)24(2)64-41/h8-10,17-18,24-29,32,34-37,39-46,51-52,55-61H,11-16,19-22H2,1-7H3/t24?,25?,26?,27?,28?,29?,32?,34-,35?,36?,37?,39?,40?,41?,42?,43?,44?,45?,46?,51?,52?,55?/m1/s1. The van der Waals surface area contributed by atoms with Gasteiger partial charge < -0.3 is 87.5 Å². The lowest BCUT2D eigenvalue weighted by Gasteiger charge is -2.45. The fourth-order valence-corrected chi connectivity index (χ4v) is 12.0. The lowest BCUT2D eigenvalue weighted by molar-refractivity contribution is -0.333. The van der Waals surface area contributed by atoms with Gasteiger partial charge in [-0.15, -0.1) is 0 Å². The van der Waals surface area contributed by atoms with E-state index in [0.29, 0.717) is 50.5 Å². The van der Waals surface area contributed by atoms with Gasteiger partial charge in [0, 0.05) is 67.2 Å². The van der Waals surface area contributed by atoms with Crippen molar-refractivity contribution >= 4 is 17.1 Å². The van der Waals surface area contributed by atoms with Crippen LogP contribution in [0.25, 0.3) is 5.57 Å². The van der Waals surface area contributed by atoms with Crippen LogP contribution in [-0.2, 0) is 58.5 Å². The average Bonchev–Trinajstić information content (AvgIpc) is 3.38. The number of benzene rings is 2. The maximum atomic E-state index is 14.2. The van der Waals surface area contributed by atoms with Gasteiger partial charge in [-0.2, -0.15) is 0 Å². The Labute approximate surface area is 436 Å². The summed E-state index contributed by atoms with van der Waals surface area (Å²) in [5.74, 6) is -1.21. The summed E-state index contributed by atoms with van der Waals surface area (Å²) in [6.45, 7) is 12.7. The van der Waals surface area contributed by atoms with Crippen molar-refractivity contribution in [2.45, 2.75) is 248 Å². The summed E-state index contributed by atoms with van der Waals surface area (Å²) in [6.07, 6.45) is -11.0. The summed E-state index contributed by atoms with van der Waals surface area (Å²) in [6, 6.07) is 7.92. The number of aliphatic hydroxyl groups is 5. The van der Waals surface area contributed by atoms with Crippen LogP contribution in [0.1, 0.15) is 137 Å². The first-order valence-electron chi connectivity index (χ1n) is 26.9. The number of ketones is 2. The van der Waals surface area contributed by atoms with Gasteiger partial charge in [0.2, 0.25) is 6.29 Å². The molecule has 22 atom stereocenters. The van der Waals surface area contributed by atoms with Gasteiger partial charge in [-0.1, -0.05) is 18.2 Å². The molecule has 0 saturated carbocycles. The Kier molecular flexibility index (Phi) is 16.6. The third kappa shape index (κ3) is 11.5. The van der Waals surface area contributed by atoms with E-state index in [2.05, 4.69) is 0 Å². The molecule has 6 saturated heterocycles. The van der Waals surface area contributed by atoms with Crippen molar-refractivity contribution in [2.75, 3.05) is 0 Å². The van der Waals surface area contributed by atoms with E-state index >= 15 is 0 Å². The molecule has 2 aromatic carbocycles. The number of fused-ring (bicyclic) bond motifs is 3. The summed E-state index contributed by atoms with van der Waals surface area (Å²) in [5, 5.41) is 65.7. The molecular weight excluding hydrogens is 981 g/mol. The van der Waals surface area contributed by atoms with Crippen molar-refractivity contribution < 1.29 is 97.1 Å². The molecule has 2 aliphatic carbocycles. The van der Waals surface area contributed by atoms with E-state index in [0.717, 1.165) is 5.56 Å². The first-order valence-corrected chi connectivity index (χ1v) is 26.9. The Morgan fingerprint density at radius 1 is 0.520 bits per heavy atom. The van der Waals surface area contributed by atoms with Crippen molar-refractivity contribution in [1.29, 1.82) is 0 Å². The molecule has 6 fully saturated rings. The van der Waals surface area contributed by atoms with Gasteiger partial charge in [0.05, 0.1) is 84.9 Å². The predicted octanol–water partition coefficient (Wildman–Crippen LogP) is 4.18. The Hall–Kier alpha value is -3.52. The van der Waals surface area contributed by atoms with E-state index in [1.807, 2.05) is 13.8 Å². The van der Waals surface area contributed by atoms with Crippen LogP contribution in [0, 0.1) is 6.92 Å². The van der Waals surface area contributed by atoms with Crippen LogP contribution in [0.2, 0.25) is 0 Å². The number of aliphatic hydroxyl groups excluding tert-OH is 5. The number of allylic oxidation sites excluding steroid dienone is 1. The Bertz CT molecular complexity index is 2400. The third-order valence-corrected chi connectivity index (χ3v) is 16.2. The molecule has 0 radical (unpaired) electrons. The molecule has 20 heteroatoms. The molecule has 414 valence electrons. The fraction of sp³-hybridized carbons (Fsp3) is 0.709. The van der Waals surface area contributed by atoms with E-state index < -0.39 is 116 Å². The van der Waals surface area contributed by atoms with Gasteiger partial charge in [-0.3, -0.25) is 9.59 Å². The summed E-state index contributed by atoms with van der Waals surface area (Å²) in [5.41, 5.74) is 1.48. The molecule has 21 unspecified atom stereocenters. The van der Waals surface area contributed by atoms with Crippen LogP contribution in [0.3, 0.4) is 0 Å². The van der Waals surface area contributed by atoms with Gasteiger partial charge in [-0.25, -0.2) is 0 Å². The molecule has 6 heterocycles. The number of rotatable bonds is 12. The number of hydrogen-bond acceptors (Lipinski definition) is 20. The number of ether oxygens (including phenoxy) is 12. The monoisotopic (exact) mass is 1050 g/mol. The number of phenolic OH excluding ortho intramolecular Hbond substituents is 1. The molecule has 0 bridgehead atoms. The van der Waals surface area contributed by atoms with Crippen molar-refractivity contribution in [1.82, 2.24) is 0 Å². The normalized spacial score (nSPS) is 42.4. The Morgan fingerprint density at radius 2 is 1.05 bits per heavy atom. The molecule has 20 nitrogen and oxygen atoms in total. The largest absolute Gasteiger partial charge is 0.507 e. The van der Waals surface area contributed by atoms with Crippen molar-refractivity contribution in [3.05, 3.63) is 63.7 Å². The zero-order valence-corrected chi connectivity index (χ0v) is 43.6. The van der Waals surface area contributed by atoms with Crippen molar-refractivity contribution in [2.24, 2.45) is 0 Å². The SMILES string of the molecule is Cc1cc(O)c2c(c1)C[C@@H](O)C1=C2C(=O)c2cccc(OC3CC(O)C(OC4CC(OC5CCC(OC6CCC(OC7CC(OC8CCC(O)C(C)O8)C(O)C(C)O7)C(C)O6)C(C)O5)C(O)C(C)O4)C(C)O3)c2C1=O. The molecule has 8 aliphatic rings. The summed E-state index contributed by atoms with van der Waals surface area (Å²) >= 11 is 0. The van der Waals surface area contributed by atoms with Crippen molar-refractivity contribution in [3.8, 4) is 11.5 Å². The molecule has 75 heavy (non-hydrogen) atoms. The van der Waals surface area contributed by atoms with Gasteiger partial charge in [-0.05, 0) is 91.0 Å². The van der Waals surface area contributed by atoms with Gasteiger partial charge in [0.25, 0.3) is 0 Å². The van der Waals surface area contributed by atoms with Gasteiger partial charge in [0.15, 0.2) is 43.0 Å². The highest BCUT2D eigenvalue weighted by Gasteiger charge is 2.48. The first kappa shape index (κ1) is 54.8. The molecule has 0 aromatic heterocycles. The third-order valence-electron chi connectivity index (χ3n) is 16.2. The van der Waals surface area contributed by atoms with Crippen LogP contribution in [0.15, 0.2) is 35.9 Å². The lowest BCUT2D eigenvalue weighted by atomic mass is 9.73. The second-order valence-corrected chi connectivity index (χ2v) is 21.8. The maximum Gasteiger partial charge on any atom is 0.202 e. The van der Waals surface area contributed by atoms with Crippen LogP contribution < -0.4 is 4.74 Å². The van der Waals surface area contributed by atoms with E-state index in [9.17, 15) is 40.2 Å². The first-order chi connectivity index (χ1) is 35.8. The minimum absolute atomic E-state index is 0.0222. The molecule has 6 aliphatic heterocycles. The molecular formula is C55H74O20. The van der Waals surface area contributed by atoms with E-state index in [1.165, 1.54) is 18.2 Å². The smallest absolute Gasteiger partial charge is 0.202 e. The number of Topliss-reactive ketones (excluding diaryl/α,β-unsaturated/α-hetero) is 2. The average molecular weight is 1060 g/mol. The van der Waals surface area contributed by atoms with Gasteiger partial charge in [0.1, 0.15) is 29.8 Å². The lowest BCUT2D eigenvalue weighted by Crippen LogP contribution is -2.55. The summed E-state index contributed by atoms with van der Waals surface area (Å²) in [4.78, 5) is 28.2. The number of carbonyl (C=O) groups excluding carboxylic acids is 2. The second kappa shape index (κ2) is 22.7. The number of carbonyl (C=O) groups is 2. The zero-order valence-electron chi connectivity index (χ0n) is 43.6. The quantitative estimate of drug-likeness (QED) is 0.174. The topological polar surface area (TPSA) is 266 Å². The summed E-state index contributed by atoms with van der Waals surface area (Å²) in [7, 11) is 0. The number of aromatic hydroxyl groups is 1. The van der Waals surface area contributed by atoms with Crippen LogP contribution in [-0.4, -0.2) is 178 Å². The number of hydrogen-bond donors (Lipinski definition) is 6.